The fourth-order valence-corrected chi connectivity index (χ4v) is 3.65. The van der Waals surface area contributed by atoms with Gasteiger partial charge in [0.2, 0.25) is 0 Å². The molecule has 2 aromatic rings. The zero-order valence-electron chi connectivity index (χ0n) is 14.7. The number of nitrogens with zero attached hydrogens (tertiary/aromatic N) is 1. The maximum atomic E-state index is 5.41. The van der Waals surface area contributed by atoms with Crippen molar-refractivity contribution in [3.05, 3.63) is 53.3 Å². The van der Waals surface area contributed by atoms with Crippen molar-refractivity contribution in [1.82, 2.24) is 0 Å². The number of fused-ring (bicyclic) bond motifs is 1. The molecule has 0 fully saturated rings. The molecule has 1 atom stereocenters. The molecule has 3 nitrogen and oxygen atoms in total. The molecule has 24 heavy (non-hydrogen) atoms. The molecular formula is C20H26INO2. The van der Waals surface area contributed by atoms with E-state index in [0.29, 0.717) is 5.92 Å². The zero-order chi connectivity index (χ0) is 16.2. The molecule has 0 N–H and O–H groups in total. The molecule has 1 unspecified atom stereocenters. The Morgan fingerprint density at radius 2 is 1.92 bits per heavy atom. The standard InChI is InChI=1S/C20H26NO2.HI/c1-21-12-11-18-16(5-4-6-17(18)14-21)9-7-15-8-10-19(22-2)20(13-15)23-3;/h8,10-14,16H,4-7,9H2,1-3H3;1H/q+1;/p-1. The van der Waals surface area contributed by atoms with Gasteiger partial charge in [-0.3, -0.25) is 0 Å². The van der Waals surface area contributed by atoms with Gasteiger partial charge in [-0.05, 0) is 61.3 Å². The summed E-state index contributed by atoms with van der Waals surface area (Å²) in [5.74, 6) is 2.29. The maximum Gasteiger partial charge on any atom is 0.171 e. The van der Waals surface area contributed by atoms with Crippen LogP contribution in [-0.2, 0) is 19.9 Å². The van der Waals surface area contributed by atoms with Gasteiger partial charge >= 0.3 is 0 Å². The van der Waals surface area contributed by atoms with E-state index in [1.807, 2.05) is 6.07 Å². The molecule has 0 bridgehead atoms. The molecular weight excluding hydrogens is 413 g/mol. The third-order valence-corrected chi connectivity index (χ3v) is 4.89. The minimum atomic E-state index is 0. The van der Waals surface area contributed by atoms with Crippen LogP contribution in [0.4, 0.5) is 0 Å². The van der Waals surface area contributed by atoms with E-state index in [-0.39, 0.29) is 24.0 Å². The molecule has 0 amide bonds. The lowest BCUT2D eigenvalue weighted by Crippen LogP contribution is -3.00. The van der Waals surface area contributed by atoms with E-state index in [4.69, 9.17) is 9.47 Å². The summed E-state index contributed by atoms with van der Waals surface area (Å²) < 4.78 is 12.9. The van der Waals surface area contributed by atoms with Crippen LogP contribution in [-0.4, -0.2) is 14.2 Å². The highest BCUT2D eigenvalue weighted by molar-refractivity contribution is 5.43. The van der Waals surface area contributed by atoms with E-state index < -0.39 is 0 Å². The van der Waals surface area contributed by atoms with E-state index in [2.05, 4.69) is 42.2 Å². The fraction of sp³-hybridized carbons (Fsp3) is 0.450. The second-order valence-corrected chi connectivity index (χ2v) is 6.41. The summed E-state index contributed by atoms with van der Waals surface area (Å²) in [6.07, 6.45) is 10.5. The summed E-state index contributed by atoms with van der Waals surface area (Å²) in [6.45, 7) is 0. The van der Waals surface area contributed by atoms with Crippen LogP contribution in [0, 0.1) is 0 Å². The topological polar surface area (TPSA) is 22.3 Å². The molecule has 0 saturated heterocycles. The predicted octanol–water partition coefficient (Wildman–Crippen LogP) is 0.585. The Labute approximate surface area is 162 Å². The van der Waals surface area contributed by atoms with Crippen molar-refractivity contribution in [2.75, 3.05) is 14.2 Å². The minimum absolute atomic E-state index is 0. The monoisotopic (exact) mass is 439 g/mol. The average molecular weight is 439 g/mol. The van der Waals surface area contributed by atoms with Gasteiger partial charge in [-0.2, -0.15) is 0 Å². The number of rotatable bonds is 5. The van der Waals surface area contributed by atoms with Crippen LogP contribution in [0.25, 0.3) is 0 Å². The highest BCUT2D eigenvalue weighted by Gasteiger charge is 2.22. The third kappa shape index (κ3) is 4.21. The number of halogens is 1. The summed E-state index contributed by atoms with van der Waals surface area (Å²) >= 11 is 0. The van der Waals surface area contributed by atoms with Crippen molar-refractivity contribution in [2.45, 2.75) is 38.0 Å². The lowest BCUT2D eigenvalue weighted by molar-refractivity contribution is -0.672. The number of hydrogen-bond acceptors (Lipinski definition) is 2. The van der Waals surface area contributed by atoms with Gasteiger partial charge < -0.3 is 33.5 Å². The zero-order valence-corrected chi connectivity index (χ0v) is 16.9. The van der Waals surface area contributed by atoms with Crippen LogP contribution in [0.5, 0.6) is 11.5 Å². The Bertz CT molecular complexity index is 687. The lowest BCUT2D eigenvalue weighted by Gasteiger charge is -2.24. The van der Waals surface area contributed by atoms with Crippen LogP contribution >= 0.6 is 0 Å². The largest absolute Gasteiger partial charge is 1.00 e. The van der Waals surface area contributed by atoms with Gasteiger partial charge in [0.05, 0.1) is 14.2 Å². The lowest BCUT2D eigenvalue weighted by atomic mass is 9.81. The number of pyridine rings is 1. The Hall–Kier alpha value is -1.30. The first kappa shape index (κ1) is 19.0. The molecule has 0 spiro atoms. The molecule has 1 aromatic heterocycles. The predicted molar refractivity (Wildman–Crippen MR) is 91.2 cm³/mol. The van der Waals surface area contributed by atoms with Crippen molar-refractivity contribution in [2.24, 2.45) is 7.05 Å². The highest BCUT2D eigenvalue weighted by atomic mass is 127. The smallest absolute Gasteiger partial charge is 0.171 e. The first-order chi connectivity index (χ1) is 11.2. The molecule has 1 heterocycles. The van der Waals surface area contributed by atoms with Crippen LogP contribution in [0.15, 0.2) is 36.7 Å². The summed E-state index contributed by atoms with van der Waals surface area (Å²) in [5.41, 5.74) is 4.39. The molecule has 130 valence electrons. The normalized spacial score (nSPS) is 16.0. The van der Waals surface area contributed by atoms with Crippen molar-refractivity contribution >= 4 is 0 Å². The molecule has 1 aliphatic carbocycles. The summed E-state index contributed by atoms with van der Waals surface area (Å²) in [7, 11) is 5.48. The van der Waals surface area contributed by atoms with Gasteiger partial charge in [-0.1, -0.05) is 6.07 Å². The second-order valence-electron chi connectivity index (χ2n) is 6.41. The van der Waals surface area contributed by atoms with Crippen LogP contribution in [0.1, 0.15) is 41.9 Å². The Morgan fingerprint density at radius 1 is 1.12 bits per heavy atom. The van der Waals surface area contributed by atoms with E-state index in [1.54, 1.807) is 19.8 Å². The van der Waals surface area contributed by atoms with Gasteiger partial charge in [0, 0.05) is 11.6 Å². The molecule has 1 aromatic carbocycles. The first-order valence-corrected chi connectivity index (χ1v) is 8.40. The van der Waals surface area contributed by atoms with Crippen molar-refractivity contribution in [3.63, 3.8) is 0 Å². The second kappa shape index (κ2) is 8.70. The van der Waals surface area contributed by atoms with E-state index >= 15 is 0 Å². The Morgan fingerprint density at radius 3 is 2.67 bits per heavy atom. The van der Waals surface area contributed by atoms with Crippen molar-refractivity contribution in [3.8, 4) is 11.5 Å². The van der Waals surface area contributed by atoms with Gasteiger partial charge in [-0.15, -0.1) is 0 Å². The van der Waals surface area contributed by atoms with Crippen LogP contribution in [0.2, 0.25) is 0 Å². The molecule has 3 rings (SSSR count). The minimum Gasteiger partial charge on any atom is -1.00 e. The molecule has 4 heteroatoms. The molecule has 1 aliphatic rings. The van der Waals surface area contributed by atoms with Crippen molar-refractivity contribution in [1.29, 1.82) is 0 Å². The van der Waals surface area contributed by atoms with Gasteiger partial charge in [-0.25, -0.2) is 4.57 Å². The molecule has 0 saturated carbocycles. The van der Waals surface area contributed by atoms with E-state index in [1.165, 1.54) is 36.8 Å². The molecule has 0 radical (unpaired) electrons. The highest BCUT2D eigenvalue weighted by Crippen LogP contribution is 2.35. The van der Waals surface area contributed by atoms with Crippen molar-refractivity contribution < 1.29 is 38.0 Å². The van der Waals surface area contributed by atoms with Gasteiger partial charge in [0.15, 0.2) is 23.9 Å². The number of hydrogen-bond donors (Lipinski definition) is 0. The number of benzene rings is 1. The fourth-order valence-electron chi connectivity index (χ4n) is 3.65. The summed E-state index contributed by atoms with van der Waals surface area (Å²) in [4.78, 5) is 0. The number of ether oxygens (including phenoxy) is 2. The first-order valence-electron chi connectivity index (χ1n) is 8.40. The number of aryl methyl sites for hydroxylation is 3. The summed E-state index contributed by atoms with van der Waals surface area (Å²) in [6, 6.07) is 8.57. The maximum absolute atomic E-state index is 5.41. The third-order valence-electron chi connectivity index (χ3n) is 4.89. The number of aromatic nitrogens is 1. The van der Waals surface area contributed by atoms with Crippen LogP contribution in [0.3, 0.4) is 0 Å². The average Bonchev–Trinajstić information content (AvgIpc) is 2.59. The van der Waals surface area contributed by atoms with E-state index in [9.17, 15) is 0 Å². The number of methoxy groups -OCH3 is 2. The Balaban J connectivity index is 0.00000208. The summed E-state index contributed by atoms with van der Waals surface area (Å²) in [5, 5.41) is 0. The Kier molecular flexibility index (Phi) is 6.90. The SMILES string of the molecule is COc1ccc(CCC2CCCc3c[n+](C)ccc32)cc1OC.[I-]. The van der Waals surface area contributed by atoms with Crippen LogP contribution < -0.4 is 38.0 Å². The molecule has 0 aliphatic heterocycles. The van der Waals surface area contributed by atoms with Gasteiger partial charge in [0.1, 0.15) is 7.05 Å². The quantitative estimate of drug-likeness (QED) is 0.503. The van der Waals surface area contributed by atoms with Gasteiger partial charge in [0.25, 0.3) is 0 Å². The van der Waals surface area contributed by atoms with E-state index in [0.717, 1.165) is 17.9 Å².